The predicted molar refractivity (Wildman–Crippen MR) is 162 cm³/mol. The molecule has 0 radical (unpaired) electrons. The molecule has 43 heavy (non-hydrogen) atoms. The van der Waals surface area contributed by atoms with E-state index in [9.17, 15) is 0 Å². The number of hydrogen-bond donors (Lipinski definition) is 0. The van der Waals surface area contributed by atoms with E-state index in [1.165, 1.54) is 0 Å². The molecule has 0 N–H and O–H groups in total. The summed E-state index contributed by atoms with van der Waals surface area (Å²) in [5, 5.41) is 34.6. The van der Waals surface area contributed by atoms with E-state index in [2.05, 4.69) is 30.4 Å². The lowest BCUT2D eigenvalue weighted by atomic mass is 10.1. The van der Waals surface area contributed by atoms with Crippen LogP contribution in [-0.2, 0) is 23.2 Å². The molecule has 0 aliphatic rings. The fraction of sp³-hybridized carbons (Fsp3) is 0.200. The van der Waals surface area contributed by atoms with Crippen molar-refractivity contribution in [3.05, 3.63) is 117 Å². The van der Waals surface area contributed by atoms with Gasteiger partial charge in [-0.05, 0) is 74.2 Å². The number of rotatable bonds is 6. The first-order valence-electron chi connectivity index (χ1n) is 13.1. The van der Waals surface area contributed by atoms with E-state index < -0.39 is 10.4 Å². The summed E-state index contributed by atoms with van der Waals surface area (Å²) >= 11 is 0. The van der Waals surface area contributed by atoms with E-state index in [1.807, 2.05) is 88.4 Å². The largest absolute Gasteiger partial charge is 0.759 e. The van der Waals surface area contributed by atoms with E-state index in [-0.39, 0.29) is 0 Å². The summed E-state index contributed by atoms with van der Waals surface area (Å²) in [6.07, 6.45) is 1.57. The van der Waals surface area contributed by atoms with Crippen molar-refractivity contribution >= 4 is 44.5 Å². The average molecular weight is 599 g/mol. The monoisotopic (exact) mass is 598 g/mol. The van der Waals surface area contributed by atoms with Crippen molar-refractivity contribution in [3.8, 4) is 0 Å². The van der Waals surface area contributed by atoms with Gasteiger partial charge in [0.1, 0.15) is 0 Å². The zero-order valence-electron chi connectivity index (χ0n) is 24.1. The molecule has 0 saturated carbocycles. The maximum Gasteiger partial charge on any atom is 0.388 e. The summed E-state index contributed by atoms with van der Waals surface area (Å²) < 4.78 is 34.1. The van der Waals surface area contributed by atoms with Gasteiger partial charge in [-0.2, -0.15) is 20.5 Å². The van der Waals surface area contributed by atoms with Crippen LogP contribution in [0.5, 0.6) is 0 Å². The van der Waals surface area contributed by atoms with E-state index in [1.54, 1.807) is 24.3 Å². The number of benzene rings is 4. The smallest absolute Gasteiger partial charge is 0.388 e. The molecular formula is C30H30N8O4S. The topological polar surface area (TPSA) is 186 Å². The highest BCUT2D eigenvalue weighted by molar-refractivity contribution is 7.79. The third kappa shape index (κ3) is 12.0. The van der Waals surface area contributed by atoms with Crippen LogP contribution in [0.1, 0.15) is 36.1 Å². The zero-order chi connectivity index (χ0) is 31.8. The third-order valence-electron chi connectivity index (χ3n) is 5.88. The van der Waals surface area contributed by atoms with Crippen LogP contribution in [0.4, 0.5) is 34.1 Å². The molecule has 0 bridgehead atoms. The minimum Gasteiger partial charge on any atom is -0.759 e. The van der Waals surface area contributed by atoms with Gasteiger partial charge in [0.25, 0.3) is 0 Å². The number of hydrogen-bond acceptors (Lipinski definition) is 10. The van der Waals surface area contributed by atoms with Crippen LogP contribution in [0, 0.1) is 24.6 Å². The molecule has 0 saturated heterocycles. The molecule has 13 heteroatoms. The lowest BCUT2D eigenvalue weighted by Gasteiger charge is -2.06. The highest BCUT2D eigenvalue weighted by Crippen LogP contribution is 2.28. The summed E-state index contributed by atoms with van der Waals surface area (Å²) in [7, 11) is -5.17. The van der Waals surface area contributed by atoms with E-state index in [4.69, 9.17) is 28.3 Å². The fourth-order valence-corrected chi connectivity index (χ4v) is 3.60. The summed E-state index contributed by atoms with van der Waals surface area (Å²) in [6.45, 7) is 8.01. The van der Waals surface area contributed by atoms with Crippen molar-refractivity contribution in [3.63, 3.8) is 0 Å². The molecule has 0 aromatic heterocycles. The average Bonchev–Trinajstić information content (AvgIpc) is 2.99. The van der Waals surface area contributed by atoms with Gasteiger partial charge in [-0.1, -0.05) is 50.2 Å². The molecule has 0 atom stereocenters. The van der Waals surface area contributed by atoms with Crippen LogP contribution in [0.2, 0.25) is 0 Å². The van der Waals surface area contributed by atoms with E-state index in [0.717, 1.165) is 57.8 Å². The molecule has 0 amide bonds. The van der Waals surface area contributed by atoms with E-state index >= 15 is 0 Å². The Labute approximate surface area is 250 Å². The molecule has 4 rings (SSSR count). The molecule has 0 heterocycles. The first-order chi connectivity index (χ1) is 20.5. The van der Waals surface area contributed by atoms with Gasteiger partial charge < -0.3 is 9.11 Å². The van der Waals surface area contributed by atoms with Crippen LogP contribution in [0.3, 0.4) is 0 Å². The van der Waals surface area contributed by atoms with Crippen molar-refractivity contribution in [1.82, 2.24) is 0 Å². The molecule has 0 aliphatic heterocycles. The second-order valence-corrected chi connectivity index (χ2v) is 9.73. The predicted octanol–water partition coefficient (Wildman–Crippen LogP) is 9.58. The Morgan fingerprint density at radius 1 is 0.628 bits per heavy atom. The lowest BCUT2D eigenvalue weighted by molar-refractivity contribution is 0.352. The van der Waals surface area contributed by atoms with Crippen molar-refractivity contribution < 1.29 is 17.5 Å². The Morgan fingerprint density at radius 3 is 1.28 bits per heavy atom. The Bertz CT molecular complexity index is 1670. The standard InChI is InChI=1S/2C15H15N4.H2O4S/c2*1-3-12-10-13(8-9-15(12)17-16)18-19-14-7-5-4-6-11(14)2;1-5(2,3)4/h2*4-10H,3H2,1-2H3;(H2,1,2,3,4)/q2*+1;/p-2. The van der Waals surface area contributed by atoms with Crippen LogP contribution in [0.15, 0.2) is 105 Å². The second-order valence-electron chi connectivity index (χ2n) is 8.91. The number of aryl methyl sites for hydroxylation is 4. The van der Waals surface area contributed by atoms with Crippen LogP contribution in [0.25, 0.3) is 9.95 Å². The van der Waals surface area contributed by atoms with Crippen molar-refractivity contribution in [2.75, 3.05) is 0 Å². The molecule has 220 valence electrons. The van der Waals surface area contributed by atoms with Gasteiger partial charge >= 0.3 is 11.4 Å². The van der Waals surface area contributed by atoms with Crippen molar-refractivity contribution in [2.24, 2.45) is 20.5 Å². The lowest BCUT2D eigenvalue weighted by Crippen LogP contribution is -1.91. The summed E-state index contributed by atoms with van der Waals surface area (Å²) in [4.78, 5) is 6.49. The molecular weight excluding hydrogens is 568 g/mol. The molecule has 0 spiro atoms. The van der Waals surface area contributed by atoms with Gasteiger partial charge in [0, 0.05) is 33.7 Å². The van der Waals surface area contributed by atoms with Gasteiger partial charge in [0.05, 0.1) is 22.7 Å². The maximum atomic E-state index is 8.86. The van der Waals surface area contributed by atoms with Gasteiger partial charge in [0.2, 0.25) is 10.8 Å². The summed E-state index contributed by atoms with van der Waals surface area (Å²) in [5.41, 5.74) is 8.46. The number of diazo groups is 2. The maximum absolute atomic E-state index is 8.86. The van der Waals surface area contributed by atoms with Gasteiger partial charge in [-0.3, -0.25) is 8.42 Å². The molecule has 12 nitrogen and oxygen atoms in total. The quantitative estimate of drug-likeness (QED) is 0.0919. The highest BCUT2D eigenvalue weighted by atomic mass is 32.3. The Kier molecular flexibility index (Phi) is 13.4. The SMILES string of the molecule is CCc1cc(N=Nc2ccccc2C)ccc1[N+]#N.CCc1cc(N=Nc2ccccc2C)ccc1[N+]#N.O=S(=O)([O-])[O-]. The summed E-state index contributed by atoms with van der Waals surface area (Å²) in [6, 6.07) is 26.5. The zero-order valence-corrected chi connectivity index (χ0v) is 24.9. The Morgan fingerprint density at radius 2 is 0.977 bits per heavy atom. The first kappa shape index (κ1) is 34.0. The molecule has 4 aromatic carbocycles. The van der Waals surface area contributed by atoms with Crippen LogP contribution < -0.4 is 0 Å². The Hall–Kier alpha value is -5.21. The number of azo groups is 2. The minimum atomic E-state index is -5.17. The highest BCUT2D eigenvalue weighted by Gasteiger charge is 2.13. The molecule has 0 fully saturated rings. The summed E-state index contributed by atoms with van der Waals surface area (Å²) in [5.74, 6) is 0. The van der Waals surface area contributed by atoms with Gasteiger partial charge in [-0.15, -0.1) is 0 Å². The van der Waals surface area contributed by atoms with E-state index in [0.29, 0.717) is 11.4 Å². The fourth-order valence-electron chi connectivity index (χ4n) is 3.60. The van der Waals surface area contributed by atoms with Crippen molar-refractivity contribution in [2.45, 2.75) is 40.5 Å². The minimum absolute atomic E-state index is 0.581. The molecule has 0 aliphatic carbocycles. The van der Waals surface area contributed by atoms with Gasteiger partial charge in [-0.25, -0.2) is 0 Å². The first-order valence-corrected chi connectivity index (χ1v) is 14.4. The molecule has 4 aromatic rings. The molecule has 0 unspecified atom stereocenters. The second kappa shape index (κ2) is 16.9. The third-order valence-corrected chi connectivity index (χ3v) is 5.88. The van der Waals surface area contributed by atoms with Crippen LogP contribution in [-0.4, -0.2) is 17.5 Å². The van der Waals surface area contributed by atoms with Gasteiger partial charge in [0.15, 0.2) is 9.95 Å². The normalized spacial score (nSPS) is 10.7. The van der Waals surface area contributed by atoms with Crippen LogP contribution >= 0.6 is 0 Å². The van der Waals surface area contributed by atoms with Crippen molar-refractivity contribution in [1.29, 1.82) is 10.8 Å². The number of nitrogens with zero attached hydrogens (tertiary/aromatic N) is 8. The Balaban J connectivity index is 0.000000260.